The zero-order valence-corrected chi connectivity index (χ0v) is 45.8. The molecule has 85 heavy (non-hydrogen) atoms. The number of carbonyl (C=O) groups excluding carboxylic acids is 3. The number of hydrogen-bond donors (Lipinski definition) is 18. The van der Waals surface area contributed by atoms with Crippen molar-refractivity contribution in [3.8, 4) is 103 Å². The molecule has 26 nitrogen and oxygen atoms in total. The molecule has 18 N–H and O–H groups in total. The van der Waals surface area contributed by atoms with Crippen LogP contribution in [0, 0.1) is 0 Å². The number of phenols is 16. The summed E-state index contributed by atoms with van der Waals surface area (Å²) in [5.74, 6) is -21.1. The Morgan fingerprint density at radius 2 is 0.894 bits per heavy atom. The predicted octanol–water partition coefficient (Wildman–Crippen LogP) is 6.54. The molecule has 0 saturated carbocycles. The van der Waals surface area contributed by atoms with Gasteiger partial charge in [-0.1, -0.05) is 33.1 Å². The normalized spacial score (nSPS) is 17.7. The molecule has 6 aromatic rings. The van der Waals surface area contributed by atoms with Crippen LogP contribution in [0.3, 0.4) is 0 Å². The number of aliphatic hydroxyl groups excluding tert-OH is 1. The third kappa shape index (κ3) is 12.3. The fourth-order valence-corrected chi connectivity index (χ4v) is 10.6. The van der Waals surface area contributed by atoms with Crippen molar-refractivity contribution in [1.29, 1.82) is 0 Å². The molecule has 26 heteroatoms. The van der Waals surface area contributed by atoms with E-state index in [1.807, 2.05) is 20.8 Å². The SMILES string of the molecule is CCCCC(C)(CCC)O[C@@H](C)C(O)C(=O)NCC(c1c(O)cc(O)c2c1O[C@H](c1cc(O)c(O)c(O)c1)[C@H](OC(=O)c1cc(O)c(O)c(O)c1)C2)c1c(O)cc(O)c2c1O[C@H](c1cc(O)c(O)c(O)c1)[C@H](OC(=O)c1cc(O)c(O)c(O)c1)C2. The second kappa shape index (κ2) is 24.1. The van der Waals surface area contributed by atoms with Crippen molar-refractivity contribution < 1.29 is 125 Å². The molecule has 2 heterocycles. The lowest BCUT2D eigenvalue weighted by Gasteiger charge is -2.38. The van der Waals surface area contributed by atoms with E-state index in [1.165, 1.54) is 6.92 Å². The van der Waals surface area contributed by atoms with Gasteiger partial charge < -0.3 is 116 Å². The Labute approximate surface area is 482 Å². The summed E-state index contributed by atoms with van der Waals surface area (Å²) in [5.41, 5.74) is -3.84. The summed E-state index contributed by atoms with van der Waals surface area (Å²) in [6.45, 7) is 6.45. The van der Waals surface area contributed by atoms with Gasteiger partial charge in [-0.2, -0.15) is 0 Å². The first-order chi connectivity index (χ1) is 40.1. The van der Waals surface area contributed by atoms with E-state index >= 15 is 0 Å². The van der Waals surface area contributed by atoms with Gasteiger partial charge in [-0.25, -0.2) is 9.59 Å². The molecule has 0 radical (unpaired) electrons. The molecular formula is C59H63NO25. The molecule has 7 atom stereocenters. The van der Waals surface area contributed by atoms with E-state index in [0.29, 0.717) is 19.3 Å². The highest BCUT2D eigenvalue weighted by Gasteiger charge is 2.45. The molecule has 2 aliphatic heterocycles. The standard InChI is InChI=1S/C59H63NO25/c1-5-7-9-59(4,8-6-2)85-23(3)47(73)56(78)60-22-30(45-33(63)20-31(61)28-18-43(81-57(79)26-14-39(69)50(76)40(70)15-26)52(83-54(28)45)24-10-35(65)48(74)36(66)11-24)46-34(64)21-32(62)29-19-44(82-58(80)27-16-41(71)51(77)42(72)17-27)53(84-55(29)46)25-12-37(67)49(75)38(68)13-25/h10-17,20-21,23,30,43-44,47,52-53,61-77H,5-9,18-19,22H2,1-4H3,(H,60,78)/t23-,43+,44+,47?,52+,53+,59?/m0/s1. The van der Waals surface area contributed by atoms with Crippen LogP contribution in [0.15, 0.2) is 60.7 Å². The zero-order valence-electron chi connectivity index (χ0n) is 45.8. The number of unbranched alkanes of at least 4 members (excludes halogenated alkanes) is 1. The fourth-order valence-electron chi connectivity index (χ4n) is 10.6. The van der Waals surface area contributed by atoms with Crippen molar-refractivity contribution in [2.24, 2.45) is 0 Å². The summed E-state index contributed by atoms with van der Waals surface area (Å²) in [4.78, 5) is 42.0. The molecule has 6 aromatic carbocycles. The third-order valence-electron chi connectivity index (χ3n) is 14.9. The number of esters is 2. The van der Waals surface area contributed by atoms with Crippen LogP contribution in [-0.4, -0.2) is 141 Å². The Hall–Kier alpha value is -9.95. The van der Waals surface area contributed by atoms with Crippen LogP contribution < -0.4 is 14.8 Å². The Kier molecular flexibility index (Phi) is 17.3. The maximum Gasteiger partial charge on any atom is 0.338 e. The maximum atomic E-state index is 14.3. The van der Waals surface area contributed by atoms with Gasteiger partial charge in [0.25, 0.3) is 5.91 Å². The topological polar surface area (TPSA) is 453 Å². The summed E-state index contributed by atoms with van der Waals surface area (Å²) >= 11 is 0. The number of amides is 1. The molecule has 0 aromatic heterocycles. The molecular weight excluding hydrogens is 1120 g/mol. The van der Waals surface area contributed by atoms with E-state index in [4.69, 9.17) is 23.7 Å². The quantitative estimate of drug-likeness (QED) is 0.0302. The van der Waals surface area contributed by atoms with Crippen LogP contribution in [0.5, 0.6) is 103 Å². The molecule has 2 unspecified atom stereocenters. The van der Waals surface area contributed by atoms with Crippen LogP contribution in [-0.2, 0) is 31.8 Å². The van der Waals surface area contributed by atoms with Gasteiger partial charge in [-0.15, -0.1) is 0 Å². The molecule has 0 spiro atoms. The van der Waals surface area contributed by atoms with Crippen LogP contribution in [0.1, 0.15) is 132 Å². The van der Waals surface area contributed by atoms with E-state index in [1.54, 1.807) is 0 Å². The number of carbonyl (C=O) groups is 3. The molecule has 0 fully saturated rings. The number of aliphatic hydroxyl groups is 1. The van der Waals surface area contributed by atoms with Crippen molar-refractivity contribution in [2.75, 3.05) is 6.54 Å². The summed E-state index contributed by atoms with van der Waals surface area (Å²) in [6.07, 6.45) is -7.76. The lowest BCUT2D eigenvalue weighted by molar-refractivity contribution is -0.152. The first-order valence-electron chi connectivity index (χ1n) is 26.6. The highest BCUT2D eigenvalue weighted by Crippen LogP contribution is 2.57. The van der Waals surface area contributed by atoms with Crippen LogP contribution in [0.25, 0.3) is 0 Å². The first-order valence-corrected chi connectivity index (χ1v) is 26.6. The van der Waals surface area contributed by atoms with Crippen LogP contribution in [0.4, 0.5) is 0 Å². The van der Waals surface area contributed by atoms with Gasteiger partial charge in [0, 0.05) is 70.8 Å². The minimum absolute atomic E-state index is 0.257. The number of benzene rings is 6. The van der Waals surface area contributed by atoms with Crippen LogP contribution in [0.2, 0.25) is 0 Å². The Morgan fingerprint density at radius 1 is 0.529 bits per heavy atom. The molecule has 0 saturated heterocycles. The summed E-state index contributed by atoms with van der Waals surface area (Å²) in [5, 5.41) is 187. The van der Waals surface area contributed by atoms with Gasteiger partial charge in [0.15, 0.2) is 87.3 Å². The number of phenolic OH excluding ortho intramolecular Hbond substituents is 16. The lowest BCUT2D eigenvalue weighted by atomic mass is 9.82. The van der Waals surface area contributed by atoms with E-state index in [-0.39, 0.29) is 22.3 Å². The van der Waals surface area contributed by atoms with Gasteiger partial charge in [0.1, 0.15) is 46.7 Å². The highest BCUT2D eigenvalue weighted by atomic mass is 16.6. The van der Waals surface area contributed by atoms with Crippen molar-refractivity contribution in [3.05, 3.63) is 105 Å². The summed E-state index contributed by atoms with van der Waals surface area (Å²) in [7, 11) is 0. The Bertz CT molecular complexity index is 3290. The molecule has 0 bridgehead atoms. The fraction of sp³-hybridized carbons (Fsp3) is 0.339. The van der Waals surface area contributed by atoms with Gasteiger partial charge >= 0.3 is 11.9 Å². The molecule has 2 aliphatic rings. The molecule has 454 valence electrons. The van der Waals surface area contributed by atoms with E-state index in [2.05, 4.69) is 5.32 Å². The number of aromatic hydroxyl groups is 16. The smallest absolute Gasteiger partial charge is 0.338 e. The molecule has 0 aliphatic carbocycles. The van der Waals surface area contributed by atoms with E-state index in [0.717, 1.165) is 73.5 Å². The summed E-state index contributed by atoms with van der Waals surface area (Å²) < 4.78 is 31.1. The number of nitrogens with one attached hydrogen (secondary N) is 1. The van der Waals surface area contributed by atoms with Crippen molar-refractivity contribution in [2.45, 2.75) is 121 Å². The predicted molar refractivity (Wildman–Crippen MR) is 292 cm³/mol. The molecule has 8 rings (SSSR count). The number of hydrogen-bond acceptors (Lipinski definition) is 25. The van der Waals surface area contributed by atoms with E-state index < -0.39 is 211 Å². The van der Waals surface area contributed by atoms with Gasteiger partial charge in [-0.3, -0.25) is 4.79 Å². The van der Waals surface area contributed by atoms with Crippen molar-refractivity contribution in [3.63, 3.8) is 0 Å². The Morgan fingerprint density at radius 3 is 1.25 bits per heavy atom. The third-order valence-corrected chi connectivity index (χ3v) is 14.9. The van der Waals surface area contributed by atoms with Gasteiger partial charge in [0.05, 0.1) is 22.8 Å². The highest BCUT2D eigenvalue weighted by molar-refractivity contribution is 5.92. The van der Waals surface area contributed by atoms with Gasteiger partial charge in [-0.05, 0) is 75.2 Å². The van der Waals surface area contributed by atoms with Gasteiger partial charge in [0.2, 0.25) is 0 Å². The average Bonchev–Trinajstić information content (AvgIpc) is 0.868. The zero-order chi connectivity index (χ0) is 62.3. The number of ether oxygens (including phenoxy) is 5. The maximum absolute atomic E-state index is 14.3. The second-order valence-electron chi connectivity index (χ2n) is 21.1. The monoisotopic (exact) mass is 1190 g/mol. The summed E-state index contributed by atoms with van der Waals surface area (Å²) in [6, 6.07) is 8.19. The lowest BCUT2D eigenvalue weighted by Crippen LogP contribution is -2.46. The number of fused-ring (bicyclic) bond motifs is 2. The second-order valence-corrected chi connectivity index (χ2v) is 21.1. The van der Waals surface area contributed by atoms with Crippen molar-refractivity contribution >= 4 is 17.8 Å². The first kappa shape index (κ1) is 61.1. The minimum atomic E-state index is -1.91. The largest absolute Gasteiger partial charge is 0.507 e. The minimum Gasteiger partial charge on any atom is -0.507 e. The molecule has 1 amide bonds. The average molecular weight is 1190 g/mol. The van der Waals surface area contributed by atoms with Crippen LogP contribution >= 0.6 is 0 Å². The van der Waals surface area contributed by atoms with Crippen molar-refractivity contribution in [1.82, 2.24) is 5.32 Å². The number of rotatable bonds is 19. The Balaban J connectivity index is 1.31. The van der Waals surface area contributed by atoms with E-state index in [9.17, 15) is 101 Å².